The summed E-state index contributed by atoms with van der Waals surface area (Å²) in [5.74, 6) is 0.841. The van der Waals surface area contributed by atoms with Gasteiger partial charge in [-0.2, -0.15) is 0 Å². The van der Waals surface area contributed by atoms with E-state index in [-0.39, 0.29) is 23.5 Å². The lowest BCUT2D eigenvalue weighted by atomic mass is 9.47. The van der Waals surface area contributed by atoms with Crippen LogP contribution >= 0.6 is 0 Å². The summed E-state index contributed by atoms with van der Waals surface area (Å²) in [6.45, 7) is 12.7. The van der Waals surface area contributed by atoms with Crippen molar-refractivity contribution in [1.82, 2.24) is 0 Å². The third-order valence-electron chi connectivity index (χ3n) is 6.59. The van der Waals surface area contributed by atoms with Crippen molar-refractivity contribution in [2.45, 2.75) is 64.9 Å². The highest BCUT2D eigenvalue weighted by Crippen LogP contribution is 2.60. The molecule has 2 nitrogen and oxygen atoms in total. The van der Waals surface area contributed by atoms with E-state index in [1.54, 1.807) is 0 Å². The second kappa shape index (κ2) is 6.26. The summed E-state index contributed by atoms with van der Waals surface area (Å²) in [5.41, 5.74) is 1.24. The Kier molecular flexibility index (Phi) is 4.99. The minimum atomic E-state index is -0.204. The molecule has 2 aliphatic carbocycles. The smallest absolute Gasteiger partial charge is 0.0573 e. The summed E-state index contributed by atoms with van der Waals surface area (Å²) >= 11 is 0. The number of hydrogen-bond donors (Lipinski definition) is 2. The largest absolute Gasteiger partial charge is 0.396 e. The number of aliphatic hydroxyl groups is 2. The first kappa shape index (κ1) is 16.8. The van der Waals surface area contributed by atoms with E-state index in [2.05, 4.69) is 27.0 Å². The monoisotopic (exact) mass is 292 g/mol. The van der Waals surface area contributed by atoms with Crippen molar-refractivity contribution >= 4 is 0 Å². The Hall–Kier alpha value is -0.600. The van der Waals surface area contributed by atoms with Gasteiger partial charge in [0, 0.05) is 6.61 Å². The normalized spacial score (nSPS) is 43.1. The standard InChI is InChI=1S/C19H32O2/c1-5-14(2)7-8-15-16(21)9-10-17-18(3,13-20)11-6-12-19(15,17)4/h5,15-17,20-21H,1-2,6-13H2,3-4H3/t15-,16+,17-,18-,19+/m0/s1. The van der Waals surface area contributed by atoms with E-state index >= 15 is 0 Å². The highest BCUT2D eigenvalue weighted by Gasteiger charge is 2.55. The van der Waals surface area contributed by atoms with Crippen LogP contribution < -0.4 is 0 Å². The van der Waals surface area contributed by atoms with Gasteiger partial charge in [-0.1, -0.05) is 45.1 Å². The minimum absolute atomic E-state index is 0.0286. The van der Waals surface area contributed by atoms with Gasteiger partial charge < -0.3 is 10.2 Å². The fraction of sp³-hybridized carbons (Fsp3) is 0.789. The van der Waals surface area contributed by atoms with Crippen LogP contribution in [0, 0.1) is 22.7 Å². The van der Waals surface area contributed by atoms with Crippen LogP contribution in [0.15, 0.2) is 24.8 Å². The minimum Gasteiger partial charge on any atom is -0.396 e. The maximum Gasteiger partial charge on any atom is 0.0573 e. The molecule has 2 aliphatic rings. The maximum atomic E-state index is 10.6. The Balaban J connectivity index is 2.22. The van der Waals surface area contributed by atoms with E-state index in [0.717, 1.165) is 44.1 Å². The van der Waals surface area contributed by atoms with Crippen molar-refractivity contribution in [3.05, 3.63) is 24.8 Å². The van der Waals surface area contributed by atoms with Gasteiger partial charge in [-0.25, -0.2) is 0 Å². The first-order valence-corrected chi connectivity index (χ1v) is 8.46. The zero-order chi connectivity index (χ0) is 15.7. The van der Waals surface area contributed by atoms with Crippen LogP contribution in [0.4, 0.5) is 0 Å². The van der Waals surface area contributed by atoms with Crippen LogP contribution in [0.2, 0.25) is 0 Å². The molecule has 2 heteroatoms. The van der Waals surface area contributed by atoms with Gasteiger partial charge in [-0.05, 0) is 61.2 Å². The average Bonchev–Trinajstić information content (AvgIpc) is 2.45. The highest BCUT2D eigenvalue weighted by molar-refractivity contribution is 5.12. The zero-order valence-corrected chi connectivity index (χ0v) is 13.8. The van der Waals surface area contributed by atoms with Crippen LogP contribution in [0.1, 0.15) is 58.8 Å². The number of fused-ring (bicyclic) bond motifs is 1. The first-order valence-electron chi connectivity index (χ1n) is 8.46. The predicted molar refractivity (Wildman–Crippen MR) is 87.9 cm³/mol. The van der Waals surface area contributed by atoms with Gasteiger partial charge in [-0.3, -0.25) is 0 Å². The Morgan fingerprint density at radius 3 is 2.62 bits per heavy atom. The Morgan fingerprint density at radius 1 is 1.29 bits per heavy atom. The Bertz CT molecular complexity index is 402. The van der Waals surface area contributed by atoms with Gasteiger partial charge in [0.25, 0.3) is 0 Å². The fourth-order valence-electron chi connectivity index (χ4n) is 5.27. The lowest BCUT2D eigenvalue weighted by molar-refractivity contribution is -0.141. The van der Waals surface area contributed by atoms with Crippen molar-refractivity contribution in [1.29, 1.82) is 0 Å². The molecule has 120 valence electrons. The quantitative estimate of drug-likeness (QED) is 0.749. The van der Waals surface area contributed by atoms with Crippen LogP contribution in [-0.2, 0) is 0 Å². The van der Waals surface area contributed by atoms with Crippen molar-refractivity contribution in [3.8, 4) is 0 Å². The summed E-state index contributed by atoms with van der Waals surface area (Å²) in [7, 11) is 0. The van der Waals surface area contributed by atoms with Gasteiger partial charge in [0.15, 0.2) is 0 Å². The SMILES string of the molecule is C=CC(=C)CC[C@H]1[C@H](O)CC[C@H]2[C@](C)(CO)CCC[C@]12C. The molecule has 0 saturated heterocycles. The molecular weight excluding hydrogens is 260 g/mol. The molecule has 2 saturated carbocycles. The summed E-state index contributed by atoms with van der Waals surface area (Å²) in [6, 6.07) is 0. The Morgan fingerprint density at radius 2 is 2.00 bits per heavy atom. The molecular formula is C19H32O2. The van der Waals surface area contributed by atoms with E-state index in [0.29, 0.717) is 11.8 Å². The van der Waals surface area contributed by atoms with Gasteiger partial charge in [0.1, 0.15) is 0 Å². The molecule has 2 rings (SSSR count). The molecule has 0 aliphatic heterocycles. The Labute approximate surface area is 130 Å². The van der Waals surface area contributed by atoms with E-state index in [9.17, 15) is 10.2 Å². The average molecular weight is 292 g/mol. The third-order valence-corrected chi connectivity index (χ3v) is 6.59. The van der Waals surface area contributed by atoms with Gasteiger partial charge in [0.05, 0.1) is 6.10 Å². The molecule has 0 unspecified atom stereocenters. The van der Waals surface area contributed by atoms with E-state index < -0.39 is 0 Å². The maximum absolute atomic E-state index is 10.6. The molecule has 0 aromatic carbocycles. The molecule has 0 aromatic heterocycles. The first-order chi connectivity index (χ1) is 9.87. The van der Waals surface area contributed by atoms with E-state index in [1.165, 1.54) is 6.42 Å². The van der Waals surface area contributed by atoms with Crippen LogP contribution in [0.3, 0.4) is 0 Å². The highest BCUT2D eigenvalue weighted by atomic mass is 16.3. The molecule has 0 radical (unpaired) electrons. The number of hydrogen-bond acceptors (Lipinski definition) is 2. The van der Waals surface area contributed by atoms with Crippen LogP contribution in [-0.4, -0.2) is 22.9 Å². The van der Waals surface area contributed by atoms with Crippen molar-refractivity contribution in [3.63, 3.8) is 0 Å². The van der Waals surface area contributed by atoms with E-state index in [1.807, 2.05) is 6.08 Å². The lowest BCUT2D eigenvalue weighted by Gasteiger charge is -2.59. The van der Waals surface area contributed by atoms with Crippen molar-refractivity contribution in [2.24, 2.45) is 22.7 Å². The number of rotatable bonds is 5. The summed E-state index contributed by atoms with van der Waals surface area (Å²) in [4.78, 5) is 0. The van der Waals surface area contributed by atoms with Crippen molar-refractivity contribution in [2.75, 3.05) is 6.61 Å². The molecule has 0 heterocycles. The molecule has 2 fully saturated rings. The number of aliphatic hydroxyl groups excluding tert-OH is 2. The van der Waals surface area contributed by atoms with Crippen LogP contribution in [0.5, 0.6) is 0 Å². The molecule has 5 atom stereocenters. The topological polar surface area (TPSA) is 40.5 Å². The molecule has 0 amide bonds. The van der Waals surface area contributed by atoms with Gasteiger partial charge >= 0.3 is 0 Å². The molecule has 0 bridgehead atoms. The second-order valence-corrected chi connectivity index (χ2v) is 7.88. The molecule has 0 aromatic rings. The summed E-state index contributed by atoms with van der Waals surface area (Å²) in [6.07, 6.45) is 8.91. The van der Waals surface area contributed by atoms with E-state index in [4.69, 9.17) is 0 Å². The molecule has 21 heavy (non-hydrogen) atoms. The third kappa shape index (κ3) is 2.98. The summed E-state index contributed by atoms with van der Waals surface area (Å²) < 4.78 is 0. The van der Waals surface area contributed by atoms with Gasteiger partial charge in [-0.15, -0.1) is 0 Å². The summed E-state index contributed by atoms with van der Waals surface area (Å²) in [5, 5.41) is 20.5. The predicted octanol–water partition coefficient (Wildman–Crippen LogP) is 4.08. The van der Waals surface area contributed by atoms with Crippen molar-refractivity contribution < 1.29 is 10.2 Å². The fourth-order valence-corrected chi connectivity index (χ4v) is 5.27. The molecule has 0 spiro atoms. The zero-order valence-electron chi connectivity index (χ0n) is 13.8. The number of allylic oxidation sites excluding steroid dienone is 2. The second-order valence-electron chi connectivity index (χ2n) is 7.88. The van der Waals surface area contributed by atoms with Gasteiger partial charge in [0.2, 0.25) is 0 Å². The molecule has 2 N–H and O–H groups in total. The van der Waals surface area contributed by atoms with Crippen LogP contribution in [0.25, 0.3) is 0 Å². The lowest BCUT2D eigenvalue weighted by Crippen LogP contribution is -2.54.